The first kappa shape index (κ1) is 13.9. The average Bonchev–Trinajstić information content (AvgIpc) is 3.05. The third-order valence-corrected chi connectivity index (χ3v) is 4.15. The molecule has 0 aromatic heterocycles. The van der Waals surface area contributed by atoms with Gasteiger partial charge in [-0.05, 0) is 12.1 Å². The monoisotopic (exact) mass is 284 g/mol. The van der Waals surface area contributed by atoms with Crippen LogP contribution in [0.3, 0.4) is 0 Å². The normalized spacial score (nSPS) is 27.0. The number of ether oxygens (including phenoxy) is 1. The Morgan fingerprint density at radius 1 is 1.38 bits per heavy atom. The van der Waals surface area contributed by atoms with E-state index in [4.69, 9.17) is 4.74 Å². The molecular weight excluding hydrogens is 264 g/mol. The van der Waals surface area contributed by atoms with Gasteiger partial charge in [-0.3, -0.25) is 4.90 Å². The lowest BCUT2D eigenvalue weighted by atomic mass is 9.99. The Kier molecular flexibility index (Phi) is 3.56. The topological polar surface area (TPSA) is 51.9 Å². The predicted octanol–water partition coefficient (Wildman–Crippen LogP) is 2.01. The molecule has 21 heavy (non-hydrogen) atoms. The highest BCUT2D eigenvalue weighted by atomic mass is 16.5. The van der Waals surface area contributed by atoms with Gasteiger partial charge in [0.15, 0.2) is 0 Å². The van der Waals surface area contributed by atoms with Crippen LogP contribution < -0.4 is 4.74 Å². The lowest BCUT2D eigenvalue weighted by Gasteiger charge is -2.27. The molecule has 5 heteroatoms. The van der Waals surface area contributed by atoms with E-state index < -0.39 is 0 Å². The van der Waals surface area contributed by atoms with Crippen LogP contribution in [0.5, 0.6) is 5.75 Å². The van der Waals surface area contributed by atoms with Crippen molar-refractivity contribution in [1.29, 1.82) is 5.26 Å². The van der Waals surface area contributed by atoms with Crippen LogP contribution in [0.25, 0.3) is 0 Å². The number of aliphatic imine (C=N–C) groups is 1. The summed E-state index contributed by atoms with van der Waals surface area (Å²) in [5.74, 6) is 0.662. The minimum atomic E-state index is -0.102. The molecule has 1 aromatic rings. The Morgan fingerprint density at radius 2 is 2.14 bits per heavy atom. The summed E-state index contributed by atoms with van der Waals surface area (Å²) in [6.07, 6.45) is 3.79. The molecule has 0 aliphatic carbocycles. The minimum Gasteiger partial charge on any atom is -0.484 e. The van der Waals surface area contributed by atoms with Gasteiger partial charge in [-0.15, -0.1) is 0 Å². The van der Waals surface area contributed by atoms with Gasteiger partial charge in [-0.25, -0.2) is 4.99 Å². The molecule has 5 nitrogen and oxygen atoms in total. The molecular formula is C16H20N4O. The Balaban J connectivity index is 1.89. The summed E-state index contributed by atoms with van der Waals surface area (Å²) in [7, 11) is 3.81. The largest absolute Gasteiger partial charge is 0.484 e. The van der Waals surface area contributed by atoms with Crippen LogP contribution in [-0.4, -0.2) is 55.5 Å². The molecule has 1 aromatic carbocycles. The van der Waals surface area contributed by atoms with E-state index in [9.17, 15) is 5.26 Å². The lowest BCUT2D eigenvalue weighted by Crippen LogP contribution is -2.34. The van der Waals surface area contributed by atoms with E-state index in [0.29, 0.717) is 17.0 Å². The highest BCUT2D eigenvalue weighted by Crippen LogP contribution is 2.39. The fraction of sp³-hybridized carbons (Fsp3) is 0.500. The van der Waals surface area contributed by atoms with Gasteiger partial charge in [0, 0.05) is 46.6 Å². The zero-order chi connectivity index (χ0) is 14.9. The second-order valence-corrected chi connectivity index (χ2v) is 6.03. The van der Waals surface area contributed by atoms with Crippen LogP contribution in [-0.2, 0) is 0 Å². The van der Waals surface area contributed by atoms with E-state index in [-0.39, 0.29) is 5.60 Å². The van der Waals surface area contributed by atoms with Crippen LogP contribution in [0.1, 0.15) is 18.4 Å². The molecule has 2 aliphatic heterocycles. The number of hydrogen-bond donors (Lipinski definition) is 0. The number of piperidine rings is 1. The lowest BCUT2D eigenvalue weighted by molar-refractivity contribution is 0.0966. The minimum absolute atomic E-state index is 0.102. The van der Waals surface area contributed by atoms with Crippen molar-refractivity contribution >= 4 is 12.0 Å². The van der Waals surface area contributed by atoms with E-state index in [1.165, 1.54) is 0 Å². The maximum Gasteiger partial charge on any atom is 0.140 e. The van der Waals surface area contributed by atoms with Gasteiger partial charge in [0.05, 0.1) is 12.0 Å². The number of rotatable bonds is 4. The summed E-state index contributed by atoms with van der Waals surface area (Å²) in [5.41, 5.74) is 1.08. The van der Waals surface area contributed by atoms with Crippen LogP contribution >= 0.6 is 0 Å². The van der Waals surface area contributed by atoms with Crippen molar-refractivity contribution in [1.82, 2.24) is 9.80 Å². The van der Waals surface area contributed by atoms with Crippen molar-refractivity contribution in [3.05, 3.63) is 23.8 Å². The Bertz CT molecular complexity index is 595. The first-order valence-corrected chi connectivity index (χ1v) is 7.27. The highest BCUT2D eigenvalue weighted by Gasteiger charge is 2.46. The number of nitrogens with zero attached hydrogens (tertiary/aromatic N) is 4. The van der Waals surface area contributed by atoms with E-state index >= 15 is 0 Å². The number of benzene rings is 1. The summed E-state index contributed by atoms with van der Waals surface area (Å²) in [4.78, 5) is 8.62. The second kappa shape index (κ2) is 5.38. The maximum absolute atomic E-state index is 9.48. The first-order chi connectivity index (χ1) is 10.1. The summed E-state index contributed by atoms with van der Waals surface area (Å²) in [6.45, 7) is 3.17. The third-order valence-electron chi connectivity index (χ3n) is 4.15. The molecule has 3 rings (SSSR count). The van der Waals surface area contributed by atoms with E-state index in [1.54, 1.807) is 6.34 Å². The van der Waals surface area contributed by atoms with Crippen molar-refractivity contribution in [2.75, 3.05) is 33.7 Å². The van der Waals surface area contributed by atoms with Crippen molar-refractivity contribution in [2.45, 2.75) is 18.4 Å². The molecule has 2 fully saturated rings. The molecule has 0 spiro atoms. The highest BCUT2D eigenvalue weighted by molar-refractivity contribution is 5.68. The van der Waals surface area contributed by atoms with Crippen LogP contribution in [0, 0.1) is 11.3 Å². The molecule has 2 bridgehead atoms. The van der Waals surface area contributed by atoms with Crippen LogP contribution in [0.4, 0.5) is 5.69 Å². The van der Waals surface area contributed by atoms with Gasteiger partial charge in [0.25, 0.3) is 0 Å². The van der Waals surface area contributed by atoms with E-state index in [1.807, 2.05) is 37.2 Å². The Morgan fingerprint density at radius 3 is 2.71 bits per heavy atom. The summed E-state index contributed by atoms with van der Waals surface area (Å²) in [5, 5.41) is 9.48. The van der Waals surface area contributed by atoms with Crippen molar-refractivity contribution in [3.8, 4) is 11.8 Å². The van der Waals surface area contributed by atoms with Crippen molar-refractivity contribution < 1.29 is 4.74 Å². The summed E-state index contributed by atoms with van der Waals surface area (Å²) >= 11 is 0. The van der Waals surface area contributed by atoms with Gasteiger partial charge < -0.3 is 9.64 Å². The average molecular weight is 284 g/mol. The van der Waals surface area contributed by atoms with E-state index in [0.717, 1.165) is 32.5 Å². The molecule has 2 aliphatic rings. The van der Waals surface area contributed by atoms with Crippen molar-refractivity contribution in [3.63, 3.8) is 0 Å². The van der Waals surface area contributed by atoms with Crippen molar-refractivity contribution in [2.24, 2.45) is 4.99 Å². The molecule has 110 valence electrons. The fourth-order valence-electron chi connectivity index (χ4n) is 3.05. The molecule has 2 heterocycles. The third kappa shape index (κ3) is 2.72. The smallest absolute Gasteiger partial charge is 0.140 e. The molecule has 0 unspecified atom stereocenters. The standard InChI is InChI=1S/C16H20N4O/c1-19(2)12-18-14-4-3-5-15(13(14)10-17)21-16-6-8-20(11-16)9-7-16/h3-5,12H,6-9,11H2,1-2H3. The first-order valence-electron chi connectivity index (χ1n) is 7.27. The zero-order valence-electron chi connectivity index (χ0n) is 12.5. The SMILES string of the molecule is CN(C)C=Nc1cccc(OC23CCN(CC2)C3)c1C#N. The van der Waals surface area contributed by atoms with Crippen LogP contribution in [0.15, 0.2) is 23.2 Å². The molecule has 0 saturated carbocycles. The number of nitriles is 1. The maximum atomic E-state index is 9.48. The molecule has 2 saturated heterocycles. The number of hydrogen-bond acceptors (Lipinski definition) is 4. The van der Waals surface area contributed by atoms with Gasteiger partial charge in [0.2, 0.25) is 0 Å². The van der Waals surface area contributed by atoms with E-state index in [2.05, 4.69) is 16.0 Å². The Hall–Kier alpha value is -2.06. The van der Waals surface area contributed by atoms with Gasteiger partial charge in [0.1, 0.15) is 23.0 Å². The zero-order valence-corrected chi connectivity index (χ0v) is 12.5. The fourth-order valence-corrected chi connectivity index (χ4v) is 3.05. The quantitative estimate of drug-likeness (QED) is 0.627. The molecule has 0 amide bonds. The molecule has 0 N–H and O–H groups in total. The number of fused-ring (bicyclic) bond motifs is 2. The van der Waals surface area contributed by atoms with Crippen LogP contribution in [0.2, 0.25) is 0 Å². The van der Waals surface area contributed by atoms with Gasteiger partial charge in [-0.2, -0.15) is 5.26 Å². The Labute approximate surface area is 125 Å². The second-order valence-electron chi connectivity index (χ2n) is 6.03. The summed E-state index contributed by atoms with van der Waals surface area (Å²) < 4.78 is 6.27. The van der Waals surface area contributed by atoms with Gasteiger partial charge >= 0.3 is 0 Å². The molecule has 0 radical (unpaired) electrons. The predicted molar refractivity (Wildman–Crippen MR) is 82.0 cm³/mol. The van der Waals surface area contributed by atoms with Gasteiger partial charge in [-0.1, -0.05) is 6.07 Å². The molecule has 0 atom stereocenters. The summed E-state index contributed by atoms with van der Waals surface area (Å²) in [6, 6.07) is 7.87.